The lowest BCUT2D eigenvalue weighted by molar-refractivity contribution is -0.142. The molecule has 3 aromatic rings. The van der Waals surface area contributed by atoms with Gasteiger partial charge in [0, 0.05) is 4.90 Å². The molecule has 0 spiro atoms. The Morgan fingerprint density at radius 3 is 2.17 bits per heavy atom. The van der Waals surface area contributed by atoms with Crippen molar-refractivity contribution >= 4 is 23.5 Å². The molecule has 3 rings (SSSR count). The van der Waals surface area contributed by atoms with Crippen LogP contribution in [0.3, 0.4) is 0 Å². The number of hydrogen-bond acceptors (Lipinski definition) is 6. The van der Waals surface area contributed by atoms with E-state index in [1.54, 1.807) is 18.2 Å². The molecule has 154 valence electrons. The molecule has 6 heteroatoms. The molecule has 1 atom stereocenters. The monoisotopic (exact) mass is 422 g/mol. The van der Waals surface area contributed by atoms with Crippen molar-refractivity contribution in [3.05, 3.63) is 90.0 Å². The first kappa shape index (κ1) is 21.5. The van der Waals surface area contributed by atoms with E-state index in [1.165, 1.54) is 26.0 Å². The zero-order valence-corrected chi connectivity index (χ0v) is 17.6. The van der Waals surface area contributed by atoms with Crippen LogP contribution in [0.25, 0.3) is 0 Å². The molecule has 0 N–H and O–H groups in total. The summed E-state index contributed by atoms with van der Waals surface area (Å²) in [5.41, 5.74) is 1.11. The number of ketones is 1. The molecule has 30 heavy (non-hydrogen) atoms. The maximum Gasteiger partial charge on any atom is 0.324 e. The zero-order chi connectivity index (χ0) is 21.3. The first-order chi connectivity index (χ1) is 14.6. The third-order valence-corrected chi connectivity index (χ3v) is 5.61. The first-order valence-electron chi connectivity index (χ1n) is 9.31. The number of carbonyl (C=O) groups is 2. The highest BCUT2D eigenvalue weighted by Crippen LogP contribution is 2.36. The number of rotatable bonds is 9. The number of benzene rings is 3. The minimum absolute atomic E-state index is 0.302. The van der Waals surface area contributed by atoms with E-state index in [0.29, 0.717) is 17.1 Å². The highest BCUT2D eigenvalue weighted by molar-refractivity contribution is 8.00. The Bertz CT molecular complexity index is 989. The quantitative estimate of drug-likeness (QED) is 0.276. The fourth-order valence-corrected chi connectivity index (χ4v) is 3.88. The van der Waals surface area contributed by atoms with E-state index in [0.717, 1.165) is 10.5 Å². The molecule has 0 aliphatic heterocycles. The zero-order valence-electron chi connectivity index (χ0n) is 16.7. The topological polar surface area (TPSA) is 61.8 Å². The molecule has 0 amide bonds. The number of ether oxygens (including phenoxy) is 3. The molecule has 0 saturated carbocycles. The van der Waals surface area contributed by atoms with Crippen molar-refractivity contribution < 1.29 is 23.8 Å². The van der Waals surface area contributed by atoms with Gasteiger partial charge in [0.05, 0.1) is 19.8 Å². The lowest BCUT2D eigenvalue weighted by Gasteiger charge is -2.16. The fraction of sp³-hybridized carbons (Fsp3) is 0.167. The van der Waals surface area contributed by atoms with Gasteiger partial charge < -0.3 is 14.2 Å². The molecule has 0 fully saturated rings. The van der Waals surface area contributed by atoms with Gasteiger partial charge in [-0.3, -0.25) is 9.59 Å². The molecular formula is C24H22O5S. The van der Waals surface area contributed by atoms with Gasteiger partial charge in [-0.05, 0) is 35.9 Å². The summed E-state index contributed by atoms with van der Waals surface area (Å²) >= 11 is 1.38. The van der Waals surface area contributed by atoms with Crippen LogP contribution in [0.4, 0.5) is 0 Å². The Balaban J connectivity index is 1.75. The van der Waals surface area contributed by atoms with Gasteiger partial charge >= 0.3 is 5.97 Å². The van der Waals surface area contributed by atoms with E-state index in [4.69, 9.17) is 14.2 Å². The lowest BCUT2D eigenvalue weighted by Crippen LogP contribution is -2.19. The summed E-state index contributed by atoms with van der Waals surface area (Å²) < 4.78 is 15.8. The molecule has 0 heterocycles. The van der Waals surface area contributed by atoms with Gasteiger partial charge in [0.1, 0.15) is 16.7 Å². The first-order valence-corrected chi connectivity index (χ1v) is 10.2. The van der Waals surface area contributed by atoms with Crippen LogP contribution in [0, 0.1) is 0 Å². The number of methoxy groups -OCH3 is 2. The molecule has 0 aliphatic rings. The van der Waals surface area contributed by atoms with Crippen LogP contribution in [0.15, 0.2) is 83.8 Å². The summed E-state index contributed by atoms with van der Waals surface area (Å²) in [7, 11) is 2.99. The maximum atomic E-state index is 12.9. The Morgan fingerprint density at radius 1 is 0.867 bits per heavy atom. The summed E-state index contributed by atoms with van der Waals surface area (Å²) in [4.78, 5) is 26.5. The van der Waals surface area contributed by atoms with E-state index in [1.807, 2.05) is 60.7 Å². The second kappa shape index (κ2) is 10.5. The van der Waals surface area contributed by atoms with E-state index in [-0.39, 0.29) is 12.4 Å². The predicted octanol–water partition coefficient (Wildman–Crippen LogP) is 4.96. The Hall–Kier alpha value is -3.25. The summed E-state index contributed by atoms with van der Waals surface area (Å²) in [6.45, 7) is -0.388. The van der Waals surface area contributed by atoms with Gasteiger partial charge in [0.2, 0.25) is 5.78 Å². The molecule has 0 saturated heterocycles. The van der Waals surface area contributed by atoms with Crippen molar-refractivity contribution in [3.8, 4) is 11.5 Å². The van der Waals surface area contributed by atoms with Crippen molar-refractivity contribution in [1.29, 1.82) is 0 Å². The highest BCUT2D eigenvalue weighted by atomic mass is 32.2. The molecule has 3 aromatic carbocycles. The number of thioether (sulfide) groups is 1. The number of hydrogen-bond donors (Lipinski definition) is 0. The van der Waals surface area contributed by atoms with Crippen LogP contribution in [0.5, 0.6) is 11.5 Å². The Morgan fingerprint density at radius 2 is 1.53 bits per heavy atom. The standard InChI is InChI=1S/C24H22O5S/c1-27-18-13-14-22(28-2)20(15-18)21(25)16-29-24(26)23(17-9-5-3-6-10-17)30-19-11-7-4-8-12-19/h3-15,23H,16H2,1-2H3/t23-/m0/s1. The van der Waals surface area contributed by atoms with Crippen LogP contribution in [-0.2, 0) is 9.53 Å². The van der Waals surface area contributed by atoms with Crippen LogP contribution in [0.2, 0.25) is 0 Å². The second-order valence-corrected chi connectivity index (χ2v) is 7.50. The molecular weight excluding hydrogens is 400 g/mol. The van der Waals surface area contributed by atoms with Gasteiger partial charge in [-0.15, -0.1) is 11.8 Å². The largest absolute Gasteiger partial charge is 0.497 e. The van der Waals surface area contributed by atoms with Crippen LogP contribution in [0.1, 0.15) is 21.2 Å². The molecule has 5 nitrogen and oxygen atoms in total. The second-order valence-electron chi connectivity index (χ2n) is 6.32. The smallest absolute Gasteiger partial charge is 0.324 e. The van der Waals surface area contributed by atoms with Crippen molar-refractivity contribution in [2.45, 2.75) is 10.1 Å². The van der Waals surface area contributed by atoms with Crippen LogP contribution < -0.4 is 9.47 Å². The summed E-state index contributed by atoms with van der Waals surface area (Å²) in [6.07, 6.45) is 0. The van der Waals surface area contributed by atoms with Crippen molar-refractivity contribution in [1.82, 2.24) is 0 Å². The average Bonchev–Trinajstić information content (AvgIpc) is 2.81. The van der Waals surface area contributed by atoms with Crippen LogP contribution in [-0.4, -0.2) is 32.6 Å². The van der Waals surface area contributed by atoms with E-state index >= 15 is 0 Å². The van der Waals surface area contributed by atoms with Gasteiger partial charge in [0.15, 0.2) is 6.61 Å². The molecule has 0 radical (unpaired) electrons. The van der Waals surface area contributed by atoms with Crippen molar-refractivity contribution in [3.63, 3.8) is 0 Å². The lowest BCUT2D eigenvalue weighted by atomic mass is 10.1. The Kier molecular flexibility index (Phi) is 7.51. The molecule has 0 aromatic heterocycles. The number of Topliss-reactive ketones (excluding diaryl/α,β-unsaturated/α-hetero) is 1. The van der Waals surface area contributed by atoms with E-state index < -0.39 is 11.2 Å². The minimum Gasteiger partial charge on any atom is -0.497 e. The van der Waals surface area contributed by atoms with Crippen molar-refractivity contribution in [2.75, 3.05) is 20.8 Å². The van der Waals surface area contributed by atoms with Gasteiger partial charge in [-0.2, -0.15) is 0 Å². The SMILES string of the molecule is COc1ccc(OC)c(C(=O)COC(=O)[C@@H](Sc2ccccc2)c2ccccc2)c1. The number of esters is 1. The van der Waals surface area contributed by atoms with Crippen LogP contribution >= 0.6 is 11.8 Å². The number of carbonyl (C=O) groups excluding carboxylic acids is 2. The molecule has 0 aliphatic carbocycles. The summed E-state index contributed by atoms with van der Waals surface area (Å²) in [5.74, 6) is 0.0725. The average molecular weight is 423 g/mol. The molecule has 0 unspecified atom stereocenters. The Labute approximate surface area is 180 Å². The summed E-state index contributed by atoms with van der Waals surface area (Å²) in [6, 6.07) is 23.9. The third-order valence-electron chi connectivity index (χ3n) is 4.37. The fourth-order valence-electron chi connectivity index (χ4n) is 2.84. The van der Waals surface area contributed by atoms with Gasteiger partial charge in [-0.1, -0.05) is 48.5 Å². The molecule has 0 bridgehead atoms. The normalized spacial score (nSPS) is 11.4. The highest BCUT2D eigenvalue weighted by Gasteiger charge is 2.25. The van der Waals surface area contributed by atoms with Crippen molar-refractivity contribution in [2.24, 2.45) is 0 Å². The predicted molar refractivity (Wildman–Crippen MR) is 116 cm³/mol. The van der Waals surface area contributed by atoms with E-state index in [2.05, 4.69) is 0 Å². The van der Waals surface area contributed by atoms with Gasteiger partial charge in [-0.25, -0.2) is 0 Å². The van der Waals surface area contributed by atoms with E-state index in [9.17, 15) is 9.59 Å². The maximum absolute atomic E-state index is 12.9. The third kappa shape index (κ3) is 5.42. The van der Waals surface area contributed by atoms with Gasteiger partial charge in [0.25, 0.3) is 0 Å². The summed E-state index contributed by atoms with van der Waals surface area (Å²) in [5, 5.41) is -0.589. The minimum atomic E-state index is -0.589.